The van der Waals surface area contributed by atoms with Gasteiger partial charge in [-0.25, -0.2) is 0 Å². The maximum Gasteiger partial charge on any atom is 0.307 e. The number of rotatable bonds is 6. The predicted molar refractivity (Wildman–Crippen MR) is 95.2 cm³/mol. The standard InChI is InChI=1S/C18H23N3O2S/c1-14-13-24-18(23)21(14)12-17(22)19-10-15-6-2-3-7-16(15)11-20-8-4-5-9-20/h2-3,6-7,13H,4-5,8-12H2,1H3,(H,19,22)/p+1. The number of quaternary nitrogens is 1. The largest absolute Gasteiger partial charge is 0.350 e. The van der Waals surface area contributed by atoms with E-state index in [9.17, 15) is 9.59 Å². The van der Waals surface area contributed by atoms with E-state index in [1.54, 1.807) is 10.3 Å². The van der Waals surface area contributed by atoms with Crippen molar-refractivity contribution in [3.05, 3.63) is 56.1 Å². The molecule has 1 aromatic heterocycles. The molecule has 1 aliphatic rings. The Balaban J connectivity index is 1.60. The van der Waals surface area contributed by atoms with Crippen molar-refractivity contribution < 1.29 is 9.69 Å². The molecule has 1 saturated heterocycles. The number of hydrogen-bond donors (Lipinski definition) is 2. The van der Waals surface area contributed by atoms with Gasteiger partial charge in [0.25, 0.3) is 0 Å². The molecule has 1 amide bonds. The van der Waals surface area contributed by atoms with Crippen molar-refractivity contribution in [1.82, 2.24) is 9.88 Å². The van der Waals surface area contributed by atoms with E-state index < -0.39 is 0 Å². The van der Waals surface area contributed by atoms with Gasteiger partial charge in [0, 0.05) is 36.0 Å². The molecule has 1 aromatic carbocycles. The van der Waals surface area contributed by atoms with E-state index in [1.807, 2.05) is 13.0 Å². The Morgan fingerprint density at radius 1 is 1.25 bits per heavy atom. The van der Waals surface area contributed by atoms with Crippen LogP contribution < -0.4 is 15.1 Å². The van der Waals surface area contributed by atoms with Crippen LogP contribution in [-0.4, -0.2) is 23.6 Å². The highest BCUT2D eigenvalue weighted by Crippen LogP contribution is 2.08. The smallest absolute Gasteiger partial charge is 0.307 e. The van der Waals surface area contributed by atoms with Gasteiger partial charge in [-0.05, 0) is 12.5 Å². The molecular formula is C18H24N3O2S+. The number of carbonyl (C=O) groups excluding carboxylic acids is 1. The predicted octanol–water partition coefficient (Wildman–Crippen LogP) is 0.713. The first-order valence-corrected chi connectivity index (χ1v) is 9.33. The van der Waals surface area contributed by atoms with E-state index in [2.05, 4.69) is 23.5 Å². The Bertz CT molecular complexity index is 760. The first-order valence-electron chi connectivity index (χ1n) is 8.45. The molecule has 24 heavy (non-hydrogen) atoms. The first kappa shape index (κ1) is 16.9. The maximum atomic E-state index is 12.2. The number of likely N-dealkylation sites (tertiary alicyclic amines) is 1. The third-order valence-electron chi connectivity index (χ3n) is 4.62. The zero-order chi connectivity index (χ0) is 16.9. The molecule has 0 radical (unpaired) electrons. The zero-order valence-corrected chi connectivity index (χ0v) is 14.8. The van der Waals surface area contributed by atoms with Gasteiger partial charge in [-0.3, -0.25) is 14.2 Å². The minimum Gasteiger partial charge on any atom is -0.350 e. The topological polar surface area (TPSA) is 55.5 Å². The molecule has 0 unspecified atom stereocenters. The number of aromatic nitrogens is 1. The normalized spacial score (nSPS) is 14.9. The van der Waals surface area contributed by atoms with Crippen molar-refractivity contribution in [3.63, 3.8) is 0 Å². The van der Waals surface area contributed by atoms with E-state index in [1.165, 1.54) is 41.6 Å². The maximum absolute atomic E-state index is 12.2. The average molecular weight is 346 g/mol. The van der Waals surface area contributed by atoms with Crippen LogP contribution in [0.5, 0.6) is 0 Å². The van der Waals surface area contributed by atoms with Crippen molar-refractivity contribution >= 4 is 17.2 Å². The molecule has 1 aliphatic heterocycles. The van der Waals surface area contributed by atoms with Crippen LogP contribution in [0.4, 0.5) is 0 Å². The van der Waals surface area contributed by atoms with Crippen LogP contribution in [0.25, 0.3) is 0 Å². The van der Waals surface area contributed by atoms with Gasteiger partial charge in [-0.2, -0.15) is 0 Å². The number of carbonyl (C=O) groups is 1. The van der Waals surface area contributed by atoms with Gasteiger partial charge >= 0.3 is 4.87 Å². The summed E-state index contributed by atoms with van der Waals surface area (Å²) in [7, 11) is 0. The van der Waals surface area contributed by atoms with E-state index in [0.717, 1.165) is 23.6 Å². The molecule has 6 heteroatoms. The Morgan fingerprint density at radius 2 is 1.96 bits per heavy atom. The van der Waals surface area contributed by atoms with Crippen molar-refractivity contribution in [2.75, 3.05) is 13.1 Å². The minimum absolute atomic E-state index is 0.0827. The fourth-order valence-corrected chi connectivity index (χ4v) is 3.95. The van der Waals surface area contributed by atoms with Gasteiger partial charge in [0.1, 0.15) is 13.1 Å². The third kappa shape index (κ3) is 4.13. The fraction of sp³-hybridized carbons (Fsp3) is 0.444. The van der Waals surface area contributed by atoms with Crippen LogP contribution in [0.2, 0.25) is 0 Å². The molecule has 2 heterocycles. The summed E-state index contributed by atoms with van der Waals surface area (Å²) in [6.07, 6.45) is 2.62. The summed E-state index contributed by atoms with van der Waals surface area (Å²) < 4.78 is 1.51. The third-order valence-corrected chi connectivity index (χ3v) is 5.50. The molecule has 0 spiro atoms. The number of benzene rings is 1. The van der Waals surface area contributed by atoms with Crippen molar-refractivity contribution in [2.45, 2.75) is 39.4 Å². The number of nitrogens with zero attached hydrogens (tertiary/aromatic N) is 1. The number of amides is 1. The van der Waals surface area contributed by atoms with Gasteiger partial charge in [0.05, 0.1) is 13.1 Å². The molecule has 128 valence electrons. The first-order chi connectivity index (χ1) is 11.6. The Hall–Kier alpha value is -1.92. The SMILES string of the molecule is Cc1csc(=O)n1CC(=O)NCc1ccccc1C[NH+]1CCCC1. The number of aryl methyl sites for hydroxylation is 1. The van der Waals surface area contributed by atoms with Gasteiger partial charge in [-0.15, -0.1) is 0 Å². The molecule has 2 N–H and O–H groups in total. The summed E-state index contributed by atoms with van der Waals surface area (Å²) >= 11 is 1.13. The highest BCUT2D eigenvalue weighted by Gasteiger charge is 2.17. The van der Waals surface area contributed by atoms with E-state index in [-0.39, 0.29) is 17.3 Å². The lowest BCUT2D eigenvalue weighted by Crippen LogP contribution is -3.08. The van der Waals surface area contributed by atoms with E-state index >= 15 is 0 Å². The second-order valence-corrected chi connectivity index (χ2v) is 7.23. The summed E-state index contributed by atoms with van der Waals surface area (Å²) in [5.74, 6) is -0.123. The second kappa shape index (κ2) is 7.77. The van der Waals surface area contributed by atoms with Crippen molar-refractivity contribution in [3.8, 4) is 0 Å². The van der Waals surface area contributed by atoms with E-state index in [0.29, 0.717) is 6.54 Å². The van der Waals surface area contributed by atoms with Gasteiger partial charge in [-0.1, -0.05) is 35.6 Å². The molecule has 0 atom stereocenters. The quantitative estimate of drug-likeness (QED) is 0.810. The van der Waals surface area contributed by atoms with Crippen LogP contribution >= 0.6 is 11.3 Å². The molecule has 3 rings (SSSR count). The Kier molecular flexibility index (Phi) is 5.48. The van der Waals surface area contributed by atoms with Crippen LogP contribution in [0, 0.1) is 6.92 Å². The summed E-state index contributed by atoms with van der Waals surface area (Å²) in [5.41, 5.74) is 3.30. The van der Waals surface area contributed by atoms with Crippen LogP contribution in [0.3, 0.4) is 0 Å². The molecular weight excluding hydrogens is 322 g/mol. The molecule has 1 fully saturated rings. The van der Waals surface area contributed by atoms with Crippen LogP contribution in [-0.2, 0) is 24.4 Å². The Morgan fingerprint density at radius 3 is 2.62 bits per heavy atom. The zero-order valence-electron chi connectivity index (χ0n) is 14.0. The molecule has 2 aromatic rings. The summed E-state index contributed by atoms with van der Waals surface area (Å²) in [6, 6.07) is 8.30. The lowest BCUT2D eigenvalue weighted by atomic mass is 10.1. The summed E-state index contributed by atoms with van der Waals surface area (Å²) in [5, 5.41) is 4.74. The Labute approximate surface area is 145 Å². The number of hydrogen-bond acceptors (Lipinski definition) is 3. The average Bonchev–Trinajstić information content (AvgIpc) is 3.19. The summed E-state index contributed by atoms with van der Waals surface area (Å²) in [6.45, 7) is 5.95. The lowest BCUT2D eigenvalue weighted by Gasteiger charge is -2.15. The van der Waals surface area contributed by atoms with Crippen molar-refractivity contribution in [2.24, 2.45) is 0 Å². The molecule has 0 saturated carbocycles. The highest BCUT2D eigenvalue weighted by molar-refractivity contribution is 7.07. The monoisotopic (exact) mass is 346 g/mol. The fourth-order valence-electron chi connectivity index (χ4n) is 3.21. The van der Waals surface area contributed by atoms with Crippen LogP contribution in [0.1, 0.15) is 29.7 Å². The van der Waals surface area contributed by atoms with Gasteiger partial charge < -0.3 is 10.2 Å². The summed E-state index contributed by atoms with van der Waals surface area (Å²) in [4.78, 5) is 25.4. The highest BCUT2D eigenvalue weighted by atomic mass is 32.1. The molecule has 0 bridgehead atoms. The molecule has 5 nitrogen and oxygen atoms in total. The van der Waals surface area contributed by atoms with Gasteiger partial charge in [0.2, 0.25) is 5.91 Å². The van der Waals surface area contributed by atoms with Crippen molar-refractivity contribution in [1.29, 1.82) is 0 Å². The van der Waals surface area contributed by atoms with Gasteiger partial charge in [0.15, 0.2) is 0 Å². The van der Waals surface area contributed by atoms with E-state index in [4.69, 9.17) is 0 Å². The van der Waals surface area contributed by atoms with Crippen LogP contribution in [0.15, 0.2) is 34.4 Å². The molecule has 0 aliphatic carbocycles. The number of nitrogens with one attached hydrogen (secondary N) is 2. The second-order valence-electron chi connectivity index (χ2n) is 6.41. The minimum atomic E-state index is -0.123. The lowest BCUT2D eigenvalue weighted by molar-refractivity contribution is -0.901. The number of thiazole rings is 1.